The third kappa shape index (κ3) is 5.17. The standard InChI is InChI=1S/C24H29ClO11/c25-21-17(28)13-8-9-33-22(36-23-20(31)19(30)18(29)14(10-26)35-23)16(13)24(21,32)11-34-15(27)7-6-12-4-2-1-3-5-12/h1-9,13-14,16-23,26,28-32H,10-11H2/b7-6+/t13-,14-,16-,17+,18-,19+,20-,21+,22+,23+,24+/m1/s1. The van der Waals surface area contributed by atoms with E-state index >= 15 is 0 Å². The maximum Gasteiger partial charge on any atom is 0.330 e. The lowest BCUT2D eigenvalue weighted by Gasteiger charge is -2.44. The Balaban J connectivity index is 1.49. The topological polar surface area (TPSA) is 175 Å². The molecule has 1 saturated heterocycles. The fourth-order valence-corrected chi connectivity index (χ4v) is 5.11. The van der Waals surface area contributed by atoms with Crippen molar-refractivity contribution in [3.05, 3.63) is 54.3 Å². The van der Waals surface area contributed by atoms with Gasteiger partial charge in [-0.1, -0.05) is 30.3 Å². The molecule has 0 radical (unpaired) electrons. The van der Waals surface area contributed by atoms with Crippen LogP contribution in [0.25, 0.3) is 6.08 Å². The number of fused-ring (bicyclic) bond motifs is 1. The molecule has 3 aliphatic rings. The quantitative estimate of drug-likeness (QED) is 0.143. The molecule has 2 aliphatic heterocycles. The molecule has 1 saturated carbocycles. The molecule has 198 valence electrons. The van der Waals surface area contributed by atoms with Crippen molar-refractivity contribution in [2.45, 2.75) is 54.1 Å². The zero-order chi connectivity index (χ0) is 26.0. The molecule has 0 amide bonds. The van der Waals surface area contributed by atoms with Crippen LogP contribution in [0.1, 0.15) is 5.56 Å². The highest BCUT2D eigenvalue weighted by molar-refractivity contribution is 6.22. The molecule has 0 spiro atoms. The van der Waals surface area contributed by atoms with Gasteiger partial charge in [0.05, 0.1) is 30.3 Å². The minimum Gasteiger partial charge on any atom is -0.472 e. The monoisotopic (exact) mass is 528 g/mol. The van der Waals surface area contributed by atoms with Crippen molar-refractivity contribution in [1.82, 2.24) is 0 Å². The van der Waals surface area contributed by atoms with E-state index in [0.717, 1.165) is 5.56 Å². The zero-order valence-corrected chi connectivity index (χ0v) is 19.7. The van der Waals surface area contributed by atoms with Crippen LogP contribution < -0.4 is 0 Å². The van der Waals surface area contributed by atoms with Crippen molar-refractivity contribution in [1.29, 1.82) is 0 Å². The van der Waals surface area contributed by atoms with E-state index < -0.39 is 85.1 Å². The maximum absolute atomic E-state index is 12.3. The average Bonchev–Trinajstić information content (AvgIpc) is 3.09. The summed E-state index contributed by atoms with van der Waals surface area (Å²) in [4.78, 5) is 12.3. The van der Waals surface area contributed by atoms with Crippen molar-refractivity contribution in [3.8, 4) is 0 Å². The number of carbonyl (C=O) groups excluding carboxylic acids is 1. The fourth-order valence-electron chi connectivity index (χ4n) is 4.74. The van der Waals surface area contributed by atoms with E-state index in [1.165, 1.54) is 24.5 Å². The highest BCUT2D eigenvalue weighted by Crippen LogP contribution is 2.49. The Kier molecular flexibility index (Phi) is 8.35. The number of carbonyl (C=O) groups is 1. The molecule has 2 fully saturated rings. The van der Waals surface area contributed by atoms with Crippen LogP contribution in [0.3, 0.4) is 0 Å². The number of hydrogen-bond donors (Lipinski definition) is 6. The molecule has 0 aromatic heterocycles. The van der Waals surface area contributed by atoms with Gasteiger partial charge in [-0.05, 0) is 17.7 Å². The summed E-state index contributed by atoms with van der Waals surface area (Å²) in [5.41, 5.74) is -1.26. The maximum atomic E-state index is 12.3. The van der Waals surface area contributed by atoms with Crippen LogP contribution in [0.15, 0.2) is 48.7 Å². The second-order valence-corrected chi connectivity index (χ2v) is 9.48. The summed E-state index contributed by atoms with van der Waals surface area (Å²) < 4.78 is 21.8. The number of halogens is 1. The molecule has 1 aromatic rings. The molecule has 11 atom stereocenters. The summed E-state index contributed by atoms with van der Waals surface area (Å²) in [5.74, 6) is -2.62. The largest absolute Gasteiger partial charge is 0.472 e. The molecule has 2 heterocycles. The van der Waals surface area contributed by atoms with Gasteiger partial charge in [-0.15, -0.1) is 11.6 Å². The molecule has 0 bridgehead atoms. The van der Waals surface area contributed by atoms with Gasteiger partial charge in [0.25, 0.3) is 0 Å². The predicted octanol–water partition coefficient (Wildman–Crippen LogP) is -1.13. The van der Waals surface area contributed by atoms with E-state index in [1.54, 1.807) is 24.3 Å². The van der Waals surface area contributed by atoms with Gasteiger partial charge in [-0.2, -0.15) is 0 Å². The van der Waals surface area contributed by atoms with Crippen molar-refractivity contribution in [2.75, 3.05) is 13.2 Å². The molecular weight excluding hydrogens is 500 g/mol. The molecule has 11 nitrogen and oxygen atoms in total. The molecule has 0 unspecified atom stereocenters. The van der Waals surface area contributed by atoms with E-state index in [2.05, 4.69) is 0 Å². The number of alkyl halides is 1. The van der Waals surface area contributed by atoms with Gasteiger partial charge < -0.3 is 49.6 Å². The Morgan fingerprint density at radius 3 is 2.47 bits per heavy atom. The van der Waals surface area contributed by atoms with E-state index in [0.29, 0.717) is 0 Å². The highest BCUT2D eigenvalue weighted by atomic mass is 35.5. The van der Waals surface area contributed by atoms with Crippen molar-refractivity contribution >= 4 is 23.6 Å². The number of benzene rings is 1. The van der Waals surface area contributed by atoms with E-state index in [9.17, 15) is 35.4 Å². The van der Waals surface area contributed by atoms with E-state index in [1.807, 2.05) is 6.07 Å². The zero-order valence-electron chi connectivity index (χ0n) is 19.0. The fraction of sp³-hybridized carbons (Fsp3) is 0.542. The van der Waals surface area contributed by atoms with Gasteiger partial charge in [0.2, 0.25) is 6.29 Å². The Morgan fingerprint density at radius 2 is 1.78 bits per heavy atom. The van der Waals surface area contributed by atoms with E-state index in [-0.39, 0.29) is 0 Å². The Hall–Kier alpha value is -2.06. The normalized spacial score (nSPS) is 42.2. The van der Waals surface area contributed by atoms with Crippen LogP contribution in [0.2, 0.25) is 0 Å². The molecule has 6 N–H and O–H groups in total. The van der Waals surface area contributed by atoms with Crippen LogP contribution >= 0.6 is 11.6 Å². The van der Waals surface area contributed by atoms with Crippen LogP contribution in [-0.4, -0.2) is 104 Å². The summed E-state index contributed by atoms with van der Waals surface area (Å²) in [5, 5.41) is 60.7. The minimum atomic E-state index is -2.02. The van der Waals surface area contributed by atoms with Crippen molar-refractivity contribution < 1.29 is 54.4 Å². The number of aliphatic hydroxyl groups excluding tert-OH is 5. The number of ether oxygens (including phenoxy) is 4. The van der Waals surface area contributed by atoms with Crippen LogP contribution in [0.4, 0.5) is 0 Å². The lowest BCUT2D eigenvalue weighted by atomic mass is 9.84. The molecule has 1 aromatic carbocycles. The van der Waals surface area contributed by atoms with Crippen LogP contribution in [0, 0.1) is 11.8 Å². The number of hydrogen-bond acceptors (Lipinski definition) is 11. The predicted molar refractivity (Wildman–Crippen MR) is 123 cm³/mol. The first-order chi connectivity index (χ1) is 17.2. The van der Waals surface area contributed by atoms with Gasteiger partial charge in [-0.25, -0.2) is 4.79 Å². The second kappa shape index (κ2) is 11.1. The van der Waals surface area contributed by atoms with Gasteiger partial charge in [0.1, 0.15) is 36.6 Å². The molecular formula is C24H29ClO11. The lowest BCUT2D eigenvalue weighted by Crippen LogP contribution is -2.61. The summed E-state index contributed by atoms with van der Waals surface area (Å²) in [6.45, 7) is -1.27. The van der Waals surface area contributed by atoms with Crippen LogP contribution in [-0.2, 0) is 23.7 Å². The summed E-state index contributed by atoms with van der Waals surface area (Å²) in [6.07, 6.45) is -5.01. The first kappa shape index (κ1) is 27.0. The molecule has 12 heteroatoms. The summed E-state index contributed by atoms with van der Waals surface area (Å²) in [6, 6.07) is 9.01. The number of aliphatic hydroxyl groups is 6. The van der Waals surface area contributed by atoms with Crippen molar-refractivity contribution in [2.24, 2.45) is 11.8 Å². The van der Waals surface area contributed by atoms with Gasteiger partial charge in [0, 0.05) is 12.0 Å². The smallest absolute Gasteiger partial charge is 0.330 e. The SMILES string of the molecule is O=C(/C=C/c1ccccc1)OC[C@]1(O)[C@H]2[C@H](O[C@@H]3O[C@H](CO)[C@@H](O)[C@H](O)[C@H]3O)OC=C[C@H]2[C@H](O)[C@@H]1Cl. The average molecular weight is 529 g/mol. The van der Waals surface area contributed by atoms with Crippen molar-refractivity contribution in [3.63, 3.8) is 0 Å². The highest BCUT2D eigenvalue weighted by Gasteiger charge is 2.64. The Labute approximate surface area is 211 Å². The summed E-state index contributed by atoms with van der Waals surface area (Å²) in [7, 11) is 0. The van der Waals surface area contributed by atoms with E-state index in [4.69, 9.17) is 30.5 Å². The Morgan fingerprint density at radius 1 is 1.06 bits per heavy atom. The lowest BCUT2D eigenvalue weighted by molar-refractivity contribution is -0.347. The molecule has 1 aliphatic carbocycles. The third-order valence-corrected chi connectivity index (χ3v) is 7.38. The van der Waals surface area contributed by atoms with Gasteiger partial charge >= 0.3 is 5.97 Å². The number of esters is 1. The summed E-state index contributed by atoms with van der Waals surface area (Å²) >= 11 is 6.38. The van der Waals surface area contributed by atoms with Crippen LogP contribution in [0.5, 0.6) is 0 Å². The second-order valence-electron chi connectivity index (χ2n) is 9.00. The third-order valence-electron chi connectivity index (χ3n) is 6.74. The first-order valence-corrected chi connectivity index (χ1v) is 11.8. The Bertz CT molecular complexity index is 957. The van der Waals surface area contributed by atoms with Gasteiger partial charge in [-0.3, -0.25) is 0 Å². The minimum absolute atomic E-state index is 0.608. The molecule has 36 heavy (non-hydrogen) atoms. The first-order valence-electron chi connectivity index (χ1n) is 11.4. The number of rotatable bonds is 7. The van der Waals surface area contributed by atoms with Gasteiger partial charge in [0.15, 0.2) is 6.29 Å². The molecule has 4 rings (SSSR count).